The molecule has 0 unspecified atom stereocenters. The number of benzene rings is 2. The van der Waals surface area contributed by atoms with Crippen LogP contribution in [0.25, 0.3) is 0 Å². The fourth-order valence-electron chi connectivity index (χ4n) is 2.72. The van der Waals surface area contributed by atoms with E-state index in [2.05, 4.69) is 0 Å². The third-order valence-electron chi connectivity index (χ3n) is 3.97. The monoisotopic (exact) mass is 389 g/mol. The Morgan fingerprint density at radius 2 is 1.37 bits per heavy atom. The van der Waals surface area contributed by atoms with Gasteiger partial charge in [0.05, 0.1) is 29.6 Å². The van der Waals surface area contributed by atoms with Crippen LogP contribution in [0, 0.1) is 0 Å². The second kappa shape index (κ2) is 8.15. The quantitative estimate of drug-likeness (QED) is 0.509. The molecule has 142 valence electrons. The van der Waals surface area contributed by atoms with Gasteiger partial charge < -0.3 is 9.05 Å². The number of fused-ring (bicyclic) bond motifs is 1. The van der Waals surface area contributed by atoms with Gasteiger partial charge in [0.25, 0.3) is 11.8 Å². The maximum absolute atomic E-state index is 12.7. The molecule has 2 amide bonds. The first kappa shape index (κ1) is 19.5. The lowest BCUT2D eigenvalue weighted by Gasteiger charge is -2.17. The summed E-state index contributed by atoms with van der Waals surface area (Å²) in [4.78, 5) is 30.0. The lowest BCUT2D eigenvalue weighted by Crippen LogP contribution is -2.29. The number of carbonyl (C=O) groups is 2. The van der Waals surface area contributed by atoms with Crippen molar-refractivity contribution >= 4 is 24.7 Å². The van der Waals surface area contributed by atoms with E-state index >= 15 is 0 Å². The van der Waals surface area contributed by atoms with Crippen LogP contribution in [0.15, 0.2) is 48.5 Å². The highest BCUT2D eigenvalue weighted by Gasteiger charge is 2.36. The average molecular weight is 389 g/mol. The van der Waals surface area contributed by atoms with E-state index in [0.29, 0.717) is 22.0 Å². The van der Waals surface area contributed by atoms with Gasteiger partial charge in [0.1, 0.15) is 6.61 Å². The van der Waals surface area contributed by atoms with E-state index in [1.54, 1.807) is 62.4 Å². The predicted octanol–water partition coefficient (Wildman–Crippen LogP) is 3.31. The molecule has 2 aromatic carbocycles. The predicted molar refractivity (Wildman–Crippen MR) is 98.7 cm³/mol. The van der Waals surface area contributed by atoms with Crippen molar-refractivity contribution in [2.45, 2.75) is 20.5 Å². The minimum absolute atomic E-state index is 0.0132. The van der Waals surface area contributed by atoms with E-state index in [1.807, 2.05) is 0 Å². The topological polar surface area (TPSA) is 82.1 Å². The average Bonchev–Trinajstić information content (AvgIpc) is 2.92. The molecule has 0 bridgehead atoms. The summed E-state index contributed by atoms with van der Waals surface area (Å²) in [5.74, 6) is -0.964. The van der Waals surface area contributed by atoms with E-state index < -0.39 is 19.4 Å². The number of hydrogen-bond acceptors (Lipinski definition) is 6. The zero-order valence-corrected chi connectivity index (χ0v) is 16.0. The van der Waals surface area contributed by atoms with Gasteiger partial charge in [0, 0.05) is 0 Å². The third kappa shape index (κ3) is 3.87. The lowest BCUT2D eigenvalue weighted by atomic mass is 10.1. The van der Waals surface area contributed by atoms with Crippen molar-refractivity contribution in [1.82, 2.24) is 5.06 Å². The van der Waals surface area contributed by atoms with E-state index in [4.69, 9.17) is 13.9 Å². The summed E-state index contributed by atoms with van der Waals surface area (Å²) in [5, 5.41) is 1.21. The number of carbonyl (C=O) groups excluding carboxylic acids is 2. The molecule has 0 saturated carbocycles. The highest BCUT2D eigenvalue weighted by molar-refractivity contribution is 7.62. The fourth-order valence-corrected chi connectivity index (χ4v) is 4.29. The first-order valence-corrected chi connectivity index (χ1v) is 10.1. The highest BCUT2D eigenvalue weighted by Crippen LogP contribution is 2.46. The molecule has 0 saturated heterocycles. The number of amides is 2. The summed E-state index contributed by atoms with van der Waals surface area (Å²) in [5.41, 5.74) is 1.36. The fraction of sp³-hybridized carbons (Fsp3) is 0.263. The van der Waals surface area contributed by atoms with Crippen LogP contribution in [0.2, 0.25) is 0 Å². The van der Waals surface area contributed by atoms with E-state index in [0.717, 1.165) is 5.06 Å². The van der Waals surface area contributed by atoms with Crippen LogP contribution in [0.5, 0.6) is 0 Å². The van der Waals surface area contributed by atoms with Gasteiger partial charge in [-0.3, -0.25) is 19.0 Å². The highest BCUT2D eigenvalue weighted by atomic mass is 31.2. The molecule has 1 aliphatic heterocycles. The Labute approximate surface area is 157 Å². The molecule has 3 rings (SSSR count). The Bertz CT molecular complexity index is 850. The first-order chi connectivity index (χ1) is 13.0. The molecule has 0 aliphatic carbocycles. The second-order valence-electron chi connectivity index (χ2n) is 5.72. The smallest absolute Gasteiger partial charge is 0.305 e. The molecular formula is C19H20NO6P. The minimum Gasteiger partial charge on any atom is -0.305 e. The standard InChI is InChI=1S/C19H20NO6P/c1-3-25-27(23,26-4-2)15-11-9-14(10-12-15)13-24-20-18(21)16-7-5-6-8-17(16)19(20)22/h5-12H,3-4,13H2,1-2H3. The molecular weight excluding hydrogens is 369 g/mol. The third-order valence-corrected chi connectivity index (χ3v) is 6.09. The van der Waals surface area contributed by atoms with Crippen LogP contribution >= 0.6 is 7.60 Å². The van der Waals surface area contributed by atoms with Crippen LogP contribution in [-0.2, 0) is 25.1 Å². The van der Waals surface area contributed by atoms with Crippen molar-refractivity contribution in [2.24, 2.45) is 0 Å². The summed E-state index contributed by atoms with van der Waals surface area (Å²) >= 11 is 0. The number of hydroxylamine groups is 2. The van der Waals surface area contributed by atoms with Gasteiger partial charge in [-0.1, -0.05) is 24.3 Å². The molecule has 0 fully saturated rings. The van der Waals surface area contributed by atoms with Crippen molar-refractivity contribution in [2.75, 3.05) is 13.2 Å². The van der Waals surface area contributed by atoms with Crippen molar-refractivity contribution in [3.05, 3.63) is 65.2 Å². The van der Waals surface area contributed by atoms with Crippen molar-refractivity contribution in [3.63, 3.8) is 0 Å². The molecule has 0 radical (unpaired) electrons. The van der Waals surface area contributed by atoms with Crippen molar-refractivity contribution < 1.29 is 28.0 Å². The van der Waals surface area contributed by atoms with Crippen LogP contribution in [0.3, 0.4) is 0 Å². The Hall–Kier alpha value is -2.31. The van der Waals surface area contributed by atoms with Crippen molar-refractivity contribution in [1.29, 1.82) is 0 Å². The molecule has 8 heteroatoms. The van der Waals surface area contributed by atoms with Gasteiger partial charge in [-0.25, -0.2) is 0 Å². The Balaban J connectivity index is 1.69. The summed E-state index contributed by atoms with van der Waals surface area (Å²) in [6.45, 7) is 4.04. The van der Waals surface area contributed by atoms with Gasteiger partial charge in [-0.05, 0) is 43.7 Å². The zero-order valence-electron chi connectivity index (χ0n) is 15.1. The van der Waals surface area contributed by atoms with Gasteiger partial charge in [-0.15, -0.1) is 5.06 Å². The maximum Gasteiger partial charge on any atom is 0.361 e. The number of nitrogens with zero attached hydrogens (tertiary/aromatic N) is 1. The minimum atomic E-state index is -3.35. The summed E-state index contributed by atoms with van der Waals surface area (Å²) in [6.07, 6.45) is 0. The Morgan fingerprint density at radius 3 is 1.85 bits per heavy atom. The second-order valence-corrected chi connectivity index (χ2v) is 7.75. The summed E-state index contributed by atoms with van der Waals surface area (Å²) in [6, 6.07) is 13.2. The summed E-state index contributed by atoms with van der Waals surface area (Å²) < 4.78 is 23.3. The van der Waals surface area contributed by atoms with Gasteiger partial charge in [0.15, 0.2) is 0 Å². The molecule has 1 aliphatic rings. The van der Waals surface area contributed by atoms with E-state index in [1.165, 1.54) is 0 Å². The summed E-state index contributed by atoms with van der Waals surface area (Å²) in [7, 11) is -3.35. The van der Waals surface area contributed by atoms with Gasteiger partial charge >= 0.3 is 7.60 Å². The van der Waals surface area contributed by atoms with Crippen molar-refractivity contribution in [3.8, 4) is 0 Å². The van der Waals surface area contributed by atoms with E-state index in [9.17, 15) is 14.2 Å². The number of hydrogen-bond donors (Lipinski definition) is 0. The maximum atomic E-state index is 12.7. The SMILES string of the molecule is CCOP(=O)(OCC)c1ccc(CON2C(=O)c3ccccc3C2=O)cc1. The lowest BCUT2D eigenvalue weighted by molar-refractivity contribution is -0.101. The zero-order chi connectivity index (χ0) is 19.4. The molecule has 7 nitrogen and oxygen atoms in total. The Morgan fingerprint density at radius 1 is 0.852 bits per heavy atom. The largest absolute Gasteiger partial charge is 0.361 e. The normalized spacial score (nSPS) is 13.9. The molecule has 1 heterocycles. The van der Waals surface area contributed by atoms with Gasteiger partial charge in [-0.2, -0.15) is 0 Å². The molecule has 0 spiro atoms. The molecule has 0 atom stereocenters. The molecule has 0 N–H and O–H groups in total. The van der Waals surface area contributed by atoms with E-state index in [-0.39, 0.29) is 19.8 Å². The molecule has 0 aromatic heterocycles. The van der Waals surface area contributed by atoms with Crippen LogP contribution in [0.4, 0.5) is 0 Å². The first-order valence-electron chi connectivity index (χ1n) is 8.59. The molecule has 2 aromatic rings. The number of rotatable bonds is 8. The molecule has 27 heavy (non-hydrogen) atoms. The van der Waals surface area contributed by atoms with Gasteiger partial charge in [0.2, 0.25) is 0 Å². The Kier molecular flexibility index (Phi) is 5.87. The number of imide groups is 1. The van der Waals surface area contributed by atoms with Crippen LogP contribution in [-0.4, -0.2) is 30.1 Å². The van der Waals surface area contributed by atoms with Crippen LogP contribution < -0.4 is 5.30 Å². The van der Waals surface area contributed by atoms with Crippen LogP contribution in [0.1, 0.15) is 40.1 Å².